The molecule has 0 amide bonds. The molecule has 0 radical (unpaired) electrons. The molecule has 1 aliphatic heterocycles. The second-order valence-corrected chi connectivity index (χ2v) is 5.00. The number of alkyl halides is 3. The molecule has 8 heteroatoms. The van der Waals surface area contributed by atoms with Crippen molar-refractivity contribution in [3.05, 3.63) is 5.82 Å². The van der Waals surface area contributed by atoms with Gasteiger partial charge in [-0.25, -0.2) is 0 Å². The molecule has 2 rings (SSSR count). The van der Waals surface area contributed by atoms with Gasteiger partial charge in [0, 0.05) is 36.7 Å². The van der Waals surface area contributed by atoms with E-state index in [4.69, 9.17) is 0 Å². The smallest absolute Gasteiger partial charge is 0.344 e. The van der Waals surface area contributed by atoms with E-state index < -0.39 is 12.0 Å². The summed E-state index contributed by atoms with van der Waals surface area (Å²) in [5.41, 5.74) is 0. The summed E-state index contributed by atoms with van der Waals surface area (Å²) in [6, 6.07) is 0.467. The first-order valence-electron chi connectivity index (χ1n) is 5.28. The molecule has 0 bridgehead atoms. The molecule has 2 atom stereocenters. The van der Waals surface area contributed by atoms with Crippen molar-refractivity contribution in [1.82, 2.24) is 14.7 Å². The Morgan fingerprint density at radius 3 is 2.35 bits per heavy atom. The van der Waals surface area contributed by atoms with Crippen LogP contribution in [0.25, 0.3) is 0 Å². The van der Waals surface area contributed by atoms with Crippen LogP contribution in [0.3, 0.4) is 0 Å². The Hall–Kier alpha value is -0.890. The Morgan fingerprint density at radius 2 is 1.88 bits per heavy atom. The van der Waals surface area contributed by atoms with Crippen LogP contribution in [0.4, 0.5) is 18.3 Å². The maximum Gasteiger partial charge on any atom is 0.452 e. The van der Waals surface area contributed by atoms with E-state index in [-0.39, 0.29) is 12.1 Å². The fourth-order valence-electron chi connectivity index (χ4n) is 1.94. The summed E-state index contributed by atoms with van der Waals surface area (Å²) >= 11 is 0.804. The van der Waals surface area contributed by atoms with Crippen LogP contribution in [-0.4, -0.2) is 34.5 Å². The van der Waals surface area contributed by atoms with Crippen molar-refractivity contribution in [1.29, 1.82) is 0 Å². The number of piperazine rings is 1. The quantitative estimate of drug-likeness (QED) is 0.840. The molecule has 2 heterocycles. The minimum atomic E-state index is -4.46. The fourth-order valence-corrected chi connectivity index (χ4v) is 2.65. The number of hydrogen-bond donors (Lipinski definition) is 1. The van der Waals surface area contributed by atoms with Crippen LogP contribution in [0.1, 0.15) is 19.7 Å². The van der Waals surface area contributed by atoms with E-state index >= 15 is 0 Å². The Labute approximate surface area is 101 Å². The first-order valence-corrected chi connectivity index (χ1v) is 6.05. The van der Waals surface area contributed by atoms with Crippen molar-refractivity contribution >= 4 is 16.7 Å². The summed E-state index contributed by atoms with van der Waals surface area (Å²) in [5, 5.41) is 3.65. The Bertz CT molecular complexity index is 382. The highest BCUT2D eigenvalue weighted by Gasteiger charge is 2.37. The van der Waals surface area contributed by atoms with Crippen LogP contribution >= 0.6 is 11.5 Å². The molecule has 1 aromatic heterocycles. The zero-order chi connectivity index (χ0) is 12.6. The third kappa shape index (κ3) is 2.86. The Balaban J connectivity index is 2.14. The highest BCUT2D eigenvalue weighted by Crippen LogP contribution is 2.30. The van der Waals surface area contributed by atoms with Gasteiger partial charge in [-0.2, -0.15) is 22.5 Å². The molecule has 2 unspecified atom stereocenters. The molecule has 0 aromatic carbocycles. The molecule has 1 aliphatic rings. The van der Waals surface area contributed by atoms with E-state index in [9.17, 15) is 13.2 Å². The van der Waals surface area contributed by atoms with Gasteiger partial charge in [0.2, 0.25) is 11.0 Å². The highest BCUT2D eigenvalue weighted by atomic mass is 32.1. The molecule has 17 heavy (non-hydrogen) atoms. The van der Waals surface area contributed by atoms with Gasteiger partial charge in [-0.1, -0.05) is 0 Å². The topological polar surface area (TPSA) is 41.1 Å². The van der Waals surface area contributed by atoms with Gasteiger partial charge < -0.3 is 10.2 Å². The van der Waals surface area contributed by atoms with E-state index in [1.165, 1.54) is 0 Å². The van der Waals surface area contributed by atoms with Crippen molar-refractivity contribution in [2.24, 2.45) is 0 Å². The minimum Gasteiger partial charge on any atom is -0.344 e. The van der Waals surface area contributed by atoms with Crippen LogP contribution in [0.15, 0.2) is 0 Å². The lowest BCUT2D eigenvalue weighted by molar-refractivity contribution is -0.144. The molecule has 4 nitrogen and oxygen atoms in total. The number of aromatic nitrogens is 2. The monoisotopic (exact) mass is 266 g/mol. The molecular weight excluding hydrogens is 253 g/mol. The van der Waals surface area contributed by atoms with Gasteiger partial charge in [0.1, 0.15) is 0 Å². The van der Waals surface area contributed by atoms with Gasteiger partial charge in [0.25, 0.3) is 0 Å². The predicted molar refractivity (Wildman–Crippen MR) is 59.2 cm³/mol. The Morgan fingerprint density at radius 1 is 1.29 bits per heavy atom. The van der Waals surface area contributed by atoms with E-state index in [1.807, 2.05) is 18.7 Å². The zero-order valence-electron chi connectivity index (χ0n) is 9.45. The lowest BCUT2D eigenvalue weighted by atomic mass is 10.2. The molecule has 1 N–H and O–H groups in total. The van der Waals surface area contributed by atoms with E-state index in [0.29, 0.717) is 18.2 Å². The second-order valence-electron chi connectivity index (χ2n) is 4.27. The van der Waals surface area contributed by atoms with Crippen LogP contribution in [0.5, 0.6) is 0 Å². The van der Waals surface area contributed by atoms with Crippen molar-refractivity contribution in [3.8, 4) is 0 Å². The van der Waals surface area contributed by atoms with E-state index in [0.717, 1.165) is 11.5 Å². The first kappa shape index (κ1) is 12.6. The van der Waals surface area contributed by atoms with Crippen LogP contribution in [-0.2, 0) is 6.18 Å². The molecule has 96 valence electrons. The number of nitrogens with one attached hydrogen (secondary N) is 1. The van der Waals surface area contributed by atoms with Crippen molar-refractivity contribution in [2.75, 3.05) is 18.0 Å². The lowest BCUT2D eigenvalue weighted by Crippen LogP contribution is -2.54. The lowest BCUT2D eigenvalue weighted by Gasteiger charge is -2.35. The van der Waals surface area contributed by atoms with Crippen LogP contribution < -0.4 is 10.2 Å². The van der Waals surface area contributed by atoms with Gasteiger partial charge in [0.05, 0.1) is 0 Å². The molecule has 0 saturated carbocycles. The van der Waals surface area contributed by atoms with Gasteiger partial charge in [0.15, 0.2) is 0 Å². The second kappa shape index (κ2) is 4.41. The first-order chi connectivity index (χ1) is 7.86. The molecular formula is C9H13F3N4S. The average Bonchev–Trinajstić information content (AvgIpc) is 2.63. The zero-order valence-corrected chi connectivity index (χ0v) is 10.3. The summed E-state index contributed by atoms with van der Waals surface area (Å²) in [6.45, 7) is 5.29. The highest BCUT2D eigenvalue weighted by molar-refractivity contribution is 7.09. The van der Waals surface area contributed by atoms with Gasteiger partial charge >= 0.3 is 6.18 Å². The van der Waals surface area contributed by atoms with Crippen molar-refractivity contribution in [2.45, 2.75) is 32.1 Å². The molecule has 1 saturated heterocycles. The maximum atomic E-state index is 12.4. The molecule has 1 fully saturated rings. The van der Waals surface area contributed by atoms with Crippen molar-refractivity contribution < 1.29 is 13.2 Å². The summed E-state index contributed by atoms with van der Waals surface area (Å²) in [5.74, 6) is -1.05. The minimum absolute atomic E-state index is 0.233. The molecule has 0 aliphatic carbocycles. The molecule has 1 aromatic rings. The maximum absolute atomic E-state index is 12.4. The van der Waals surface area contributed by atoms with E-state index in [2.05, 4.69) is 14.7 Å². The summed E-state index contributed by atoms with van der Waals surface area (Å²) in [4.78, 5) is 5.40. The fraction of sp³-hybridized carbons (Fsp3) is 0.778. The number of halogens is 3. The SMILES string of the molecule is CC1CN(c2nc(C(F)(F)F)ns2)CC(C)N1. The Kier molecular flexibility index (Phi) is 3.26. The van der Waals surface area contributed by atoms with Gasteiger partial charge in [-0.15, -0.1) is 0 Å². The summed E-state index contributed by atoms with van der Waals surface area (Å²) < 4.78 is 40.5. The standard InChI is InChI=1S/C9H13F3N4S/c1-5-3-16(4-6(2)13-5)8-14-7(15-17-8)9(10,11)12/h5-6,13H,3-4H2,1-2H3. The summed E-state index contributed by atoms with van der Waals surface area (Å²) in [7, 11) is 0. The van der Waals surface area contributed by atoms with Crippen LogP contribution in [0.2, 0.25) is 0 Å². The number of nitrogens with zero attached hydrogens (tertiary/aromatic N) is 3. The van der Waals surface area contributed by atoms with Gasteiger partial charge in [-0.05, 0) is 13.8 Å². The van der Waals surface area contributed by atoms with Crippen LogP contribution in [0, 0.1) is 0 Å². The molecule has 0 spiro atoms. The summed E-state index contributed by atoms with van der Waals surface area (Å²) in [6.07, 6.45) is -4.46. The van der Waals surface area contributed by atoms with Gasteiger partial charge in [-0.3, -0.25) is 0 Å². The third-order valence-electron chi connectivity index (χ3n) is 2.50. The van der Waals surface area contributed by atoms with Crippen molar-refractivity contribution in [3.63, 3.8) is 0 Å². The number of anilines is 1. The predicted octanol–water partition coefficient (Wildman–Crippen LogP) is 1.74. The normalized spacial score (nSPS) is 26.3. The number of rotatable bonds is 1. The average molecular weight is 266 g/mol. The third-order valence-corrected chi connectivity index (χ3v) is 3.27. The van der Waals surface area contributed by atoms with E-state index in [1.54, 1.807) is 0 Å². The largest absolute Gasteiger partial charge is 0.452 e. The number of hydrogen-bond acceptors (Lipinski definition) is 5.